The summed E-state index contributed by atoms with van der Waals surface area (Å²) in [6.45, 7) is 4.56. The highest BCUT2D eigenvalue weighted by molar-refractivity contribution is 9.11. The lowest BCUT2D eigenvalue weighted by molar-refractivity contribution is 0.667. The molecule has 0 nitrogen and oxygen atoms in total. The fourth-order valence-electron chi connectivity index (χ4n) is 5.54. The molecule has 0 aliphatic heterocycles. The highest BCUT2D eigenvalue weighted by Gasteiger charge is 2.20. The first-order valence-corrected chi connectivity index (χ1v) is 17.3. The Morgan fingerprint density at radius 2 is 0.895 bits per heavy atom. The number of hydrogen-bond acceptors (Lipinski definition) is 2. The standard InChI is InChI=1S/C34H36Br2S2/c1-3-5-7-9-15-23-21-29(37-33(23)35)31-25-17-11-13-19-27(25)32(28-20-14-12-18-26(28)31)30-22-24(34(36)38-30)16-10-8-6-4-2/h11-14,17-22H,3-10,15-16H2,1-2H3. The number of halogens is 2. The Kier molecular flexibility index (Phi) is 9.80. The molecule has 0 radical (unpaired) electrons. The topological polar surface area (TPSA) is 0 Å². The lowest BCUT2D eigenvalue weighted by atomic mass is 9.90. The van der Waals surface area contributed by atoms with E-state index in [9.17, 15) is 0 Å². The molecule has 5 rings (SSSR count). The summed E-state index contributed by atoms with van der Waals surface area (Å²) in [5, 5.41) is 5.39. The molecule has 0 unspecified atom stereocenters. The molecule has 0 spiro atoms. The number of fused-ring (bicyclic) bond motifs is 2. The minimum atomic E-state index is 1.15. The molecule has 0 saturated heterocycles. The van der Waals surface area contributed by atoms with Gasteiger partial charge in [0.15, 0.2) is 0 Å². The van der Waals surface area contributed by atoms with E-state index in [2.05, 4.69) is 106 Å². The highest BCUT2D eigenvalue weighted by Crippen LogP contribution is 2.49. The van der Waals surface area contributed by atoms with Crippen LogP contribution in [0.3, 0.4) is 0 Å². The van der Waals surface area contributed by atoms with Crippen LogP contribution in [0.2, 0.25) is 0 Å². The summed E-state index contributed by atoms with van der Waals surface area (Å²) in [6.07, 6.45) is 12.6. The predicted octanol–water partition coefficient (Wildman–Crippen LogP) is 13.2. The zero-order chi connectivity index (χ0) is 26.5. The van der Waals surface area contributed by atoms with Gasteiger partial charge in [0.05, 0.1) is 7.57 Å². The van der Waals surface area contributed by atoms with Crippen molar-refractivity contribution in [2.75, 3.05) is 0 Å². The Balaban J connectivity index is 1.62. The normalized spacial score (nSPS) is 11.7. The Hall–Kier alpha value is -1.46. The third-order valence-electron chi connectivity index (χ3n) is 7.54. The Morgan fingerprint density at radius 1 is 0.526 bits per heavy atom. The molecule has 198 valence electrons. The molecule has 0 aliphatic carbocycles. The first kappa shape index (κ1) is 28.1. The van der Waals surface area contributed by atoms with E-state index in [4.69, 9.17) is 0 Å². The second kappa shape index (κ2) is 13.3. The summed E-state index contributed by atoms with van der Waals surface area (Å²) in [6, 6.07) is 23.0. The maximum atomic E-state index is 3.92. The van der Waals surface area contributed by atoms with Gasteiger partial charge in [-0.25, -0.2) is 0 Å². The first-order chi connectivity index (χ1) is 18.6. The quantitative estimate of drug-likeness (QED) is 0.0917. The Bertz CT molecular complexity index is 1350. The van der Waals surface area contributed by atoms with Gasteiger partial charge in [-0.2, -0.15) is 0 Å². The minimum absolute atomic E-state index is 1.15. The van der Waals surface area contributed by atoms with Crippen molar-refractivity contribution in [3.8, 4) is 20.9 Å². The summed E-state index contributed by atoms with van der Waals surface area (Å²) in [5.41, 5.74) is 5.66. The maximum absolute atomic E-state index is 3.92. The van der Waals surface area contributed by atoms with Gasteiger partial charge in [-0.1, -0.05) is 101 Å². The van der Waals surface area contributed by atoms with Gasteiger partial charge in [0, 0.05) is 20.9 Å². The van der Waals surface area contributed by atoms with E-state index >= 15 is 0 Å². The Labute approximate surface area is 252 Å². The van der Waals surface area contributed by atoms with Gasteiger partial charge in [-0.05, 0) is 102 Å². The summed E-state index contributed by atoms with van der Waals surface area (Å²) in [7, 11) is 0. The molecule has 0 N–H and O–H groups in total. The van der Waals surface area contributed by atoms with Crippen LogP contribution in [0.15, 0.2) is 68.2 Å². The maximum Gasteiger partial charge on any atom is 0.0737 e. The number of aryl methyl sites for hydroxylation is 2. The summed E-state index contributed by atoms with van der Waals surface area (Å²) >= 11 is 11.6. The van der Waals surface area contributed by atoms with Crippen LogP contribution in [0.1, 0.15) is 76.3 Å². The van der Waals surface area contributed by atoms with Crippen molar-refractivity contribution in [1.29, 1.82) is 0 Å². The average molecular weight is 669 g/mol. The molecular weight excluding hydrogens is 632 g/mol. The molecule has 38 heavy (non-hydrogen) atoms. The van der Waals surface area contributed by atoms with Crippen LogP contribution in [0.5, 0.6) is 0 Å². The summed E-state index contributed by atoms with van der Waals surface area (Å²) in [5.74, 6) is 0. The number of benzene rings is 3. The van der Waals surface area contributed by atoms with Crippen molar-refractivity contribution in [2.45, 2.75) is 78.1 Å². The van der Waals surface area contributed by atoms with E-state index in [1.165, 1.54) is 112 Å². The van der Waals surface area contributed by atoms with Crippen LogP contribution in [0.25, 0.3) is 42.4 Å². The molecule has 5 aromatic rings. The van der Waals surface area contributed by atoms with Gasteiger partial charge in [0.2, 0.25) is 0 Å². The van der Waals surface area contributed by atoms with Gasteiger partial charge < -0.3 is 0 Å². The third-order valence-corrected chi connectivity index (χ3v) is 11.5. The molecule has 0 amide bonds. The van der Waals surface area contributed by atoms with Crippen molar-refractivity contribution in [2.24, 2.45) is 0 Å². The van der Waals surface area contributed by atoms with Crippen LogP contribution >= 0.6 is 54.5 Å². The molecular formula is C34H36Br2S2. The SMILES string of the molecule is CCCCCCc1cc(-c2c3ccccc3c(-c3cc(CCCCCC)c(Br)s3)c3ccccc23)sc1Br. The lowest BCUT2D eigenvalue weighted by Crippen LogP contribution is -1.89. The third kappa shape index (κ3) is 5.99. The largest absolute Gasteiger partial charge is 0.128 e. The van der Waals surface area contributed by atoms with Crippen molar-refractivity contribution >= 4 is 76.1 Å². The molecule has 0 saturated carbocycles. The molecule has 0 aliphatic rings. The fourth-order valence-corrected chi connectivity index (χ4v) is 9.23. The van der Waals surface area contributed by atoms with Gasteiger partial charge in [-0.3, -0.25) is 0 Å². The van der Waals surface area contributed by atoms with Crippen LogP contribution in [-0.4, -0.2) is 0 Å². The number of unbranched alkanes of at least 4 members (excludes halogenated alkanes) is 6. The van der Waals surface area contributed by atoms with Crippen LogP contribution in [0, 0.1) is 0 Å². The van der Waals surface area contributed by atoms with E-state index in [1.807, 2.05) is 22.7 Å². The zero-order valence-corrected chi connectivity index (χ0v) is 27.2. The van der Waals surface area contributed by atoms with Crippen LogP contribution in [0.4, 0.5) is 0 Å². The summed E-state index contributed by atoms with van der Waals surface area (Å²) in [4.78, 5) is 2.73. The van der Waals surface area contributed by atoms with Crippen molar-refractivity contribution in [1.82, 2.24) is 0 Å². The van der Waals surface area contributed by atoms with Gasteiger partial charge >= 0.3 is 0 Å². The van der Waals surface area contributed by atoms with Crippen molar-refractivity contribution in [3.05, 3.63) is 79.4 Å². The lowest BCUT2D eigenvalue weighted by Gasteiger charge is -2.15. The zero-order valence-electron chi connectivity index (χ0n) is 22.4. The molecule has 0 bridgehead atoms. The monoisotopic (exact) mass is 666 g/mol. The van der Waals surface area contributed by atoms with E-state index < -0.39 is 0 Å². The molecule has 4 heteroatoms. The predicted molar refractivity (Wildman–Crippen MR) is 179 cm³/mol. The van der Waals surface area contributed by atoms with E-state index in [0.717, 1.165) is 12.8 Å². The van der Waals surface area contributed by atoms with Gasteiger partial charge in [0.1, 0.15) is 0 Å². The van der Waals surface area contributed by atoms with E-state index in [-0.39, 0.29) is 0 Å². The summed E-state index contributed by atoms with van der Waals surface area (Å²) < 4.78 is 2.58. The molecule has 2 heterocycles. The second-order valence-electron chi connectivity index (χ2n) is 10.3. The molecule has 3 aromatic carbocycles. The minimum Gasteiger partial charge on any atom is -0.128 e. The second-order valence-corrected chi connectivity index (χ2v) is 15.0. The highest BCUT2D eigenvalue weighted by atomic mass is 79.9. The molecule has 0 atom stereocenters. The van der Waals surface area contributed by atoms with E-state index in [0.29, 0.717) is 0 Å². The van der Waals surface area contributed by atoms with Crippen molar-refractivity contribution in [3.63, 3.8) is 0 Å². The number of thiophene rings is 2. The molecule has 2 aromatic heterocycles. The van der Waals surface area contributed by atoms with Gasteiger partial charge in [-0.15, -0.1) is 22.7 Å². The smallest absolute Gasteiger partial charge is 0.0737 e. The molecule has 0 fully saturated rings. The number of rotatable bonds is 12. The van der Waals surface area contributed by atoms with Crippen LogP contribution < -0.4 is 0 Å². The fraction of sp³-hybridized carbons (Fsp3) is 0.353. The van der Waals surface area contributed by atoms with Crippen LogP contribution in [-0.2, 0) is 12.8 Å². The first-order valence-electron chi connectivity index (χ1n) is 14.1. The van der Waals surface area contributed by atoms with E-state index in [1.54, 1.807) is 0 Å². The van der Waals surface area contributed by atoms with Crippen molar-refractivity contribution < 1.29 is 0 Å². The number of hydrogen-bond donors (Lipinski definition) is 0. The van der Waals surface area contributed by atoms with Gasteiger partial charge in [0.25, 0.3) is 0 Å². The average Bonchev–Trinajstić information content (AvgIpc) is 3.48. The Morgan fingerprint density at radius 3 is 1.24 bits per heavy atom.